The van der Waals surface area contributed by atoms with Crippen LogP contribution in [0.4, 0.5) is 5.82 Å². The van der Waals surface area contributed by atoms with Gasteiger partial charge in [-0.2, -0.15) is 5.10 Å². The van der Waals surface area contributed by atoms with Crippen molar-refractivity contribution >= 4 is 16.9 Å². The molecule has 0 fully saturated rings. The van der Waals surface area contributed by atoms with Gasteiger partial charge in [0.2, 0.25) is 0 Å². The zero-order valence-electron chi connectivity index (χ0n) is 9.75. The Labute approximate surface area is 102 Å². The molecule has 0 saturated heterocycles. The van der Waals surface area contributed by atoms with Crippen LogP contribution in [0.1, 0.15) is 5.69 Å². The SMILES string of the molecule is Cn1c(CO)c(-c2ccn[nH]2)c2c(N)ncnc21. The molecule has 92 valence electrons. The van der Waals surface area contributed by atoms with Crippen molar-refractivity contribution in [3.8, 4) is 11.3 Å². The number of aromatic amines is 1. The van der Waals surface area contributed by atoms with Gasteiger partial charge >= 0.3 is 0 Å². The number of nitrogens with two attached hydrogens (primary N) is 1. The van der Waals surface area contributed by atoms with Gasteiger partial charge in [0.15, 0.2) is 0 Å². The van der Waals surface area contributed by atoms with Gasteiger partial charge in [0.05, 0.1) is 23.4 Å². The third-order valence-corrected chi connectivity index (χ3v) is 3.04. The summed E-state index contributed by atoms with van der Waals surface area (Å²) in [5.74, 6) is 0.389. The molecule has 18 heavy (non-hydrogen) atoms. The summed E-state index contributed by atoms with van der Waals surface area (Å²) in [5, 5.41) is 17.1. The lowest BCUT2D eigenvalue weighted by Gasteiger charge is -2.02. The first-order valence-electron chi connectivity index (χ1n) is 5.42. The Morgan fingerprint density at radius 3 is 2.94 bits per heavy atom. The lowest BCUT2D eigenvalue weighted by Crippen LogP contribution is -1.98. The monoisotopic (exact) mass is 244 g/mol. The van der Waals surface area contributed by atoms with Crippen LogP contribution < -0.4 is 5.73 Å². The highest BCUT2D eigenvalue weighted by Crippen LogP contribution is 2.34. The average Bonchev–Trinajstić information content (AvgIpc) is 2.96. The Morgan fingerprint density at radius 1 is 1.44 bits per heavy atom. The zero-order valence-corrected chi connectivity index (χ0v) is 9.75. The zero-order chi connectivity index (χ0) is 12.7. The second-order valence-corrected chi connectivity index (χ2v) is 3.97. The number of aliphatic hydroxyl groups excluding tert-OH is 1. The molecule has 0 saturated carbocycles. The molecule has 3 aromatic heterocycles. The normalized spacial score (nSPS) is 11.2. The Balaban J connectivity index is 2.48. The van der Waals surface area contributed by atoms with Crippen molar-refractivity contribution in [3.63, 3.8) is 0 Å². The minimum absolute atomic E-state index is 0.110. The minimum atomic E-state index is -0.110. The van der Waals surface area contributed by atoms with Gasteiger partial charge in [-0.05, 0) is 6.07 Å². The highest BCUT2D eigenvalue weighted by molar-refractivity contribution is 6.01. The molecule has 0 radical (unpaired) electrons. The number of aryl methyl sites for hydroxylation is 1. The molecule has 0 spiro atoms. The lowest BCUT2D eigenvalue weighted by molar-refractivity contribution is 0.274. The molecule has 0 unspecified atom stereocenters. The molecule has 3 heterocycles. The first kappa shape index (κ1) is 10.7. The smallest absolute Gasteiger partial charge is 0.146 e. The van der Waals surface area contributed by atoms with E-state index < -0.39 is 0 Å². The van der Waals surface area contributed by atoms with E-state index >= 15 is 0 Å². The molecule has 0 atom stereocenters. The van der Waals surface area contributed by atoms with E-state index in [-0.39, 0.29) is 6.61 Å². The summed E-state index contributed by atoms with van der Waals surface area (Å²) >= 11 is 0. The Hall–Kier alpha value is -2.41. The molecule has 0 aromatic carbocycles. The van der Waals surface area contributed by atoms with Crippen molar-refractivity contribution in [2.24, 2.45) is 7.05 Å². The number of aliphatic hydroxyl groups is 1. The highest BCUT2D eigenvalue weighted by atomic mass is 16.3. The number of fused-ring (bicyclic) bond motifs is 1. The molecule has 0 bridgehead atoms. The largest absolute Gasteiger partial charge is 0.390 e. The Bertz CT molecular complexity index is 700. The number of rotatable bonds is 2. The van der Waals surface area contributed by atoms with Crippen molar-refractivity contribution < 1.29 is 5.11 Å². The second-order valence-electron chi connectivity index (χ2n) is 3.97. The second kappa shape index (κ2) is 3.81. The van der Waals surface area contributed by atoms with E-state index in [4.69, 9.17) is 5.73 Å². The van der Waals surface area contributed by atoms with Crippen molar-refractivity contribution in [2.75, 3.05) is 5.73 Å². The molecular formula is C11H12N6O. The average molecular weight is 244 g/mol. The molecule has 0 aliphatic carbocycles. The van der Waals surface area contributed by atoms with E-state index in [9.17, 15) is 5.11 Å². The van der Waals surface area contributed by atoms with Crippen LogP contribution in [0, 0.1) is 0 Å². The van der Waals surface area contributed by atoms with E-state index in [0.29, 0.717) is 11.5 Å². The molecule has 3 rings (SSSR count). The molecule has 4 N–H and O–H groups in total. The topological polar surface area (TPSA) is 106 Å². The molecular weight excluding hydrogens is 232 g/mol. The maximum absolute atomic E-state index is 9.55. The van der Waals surface area contributed by atoms with Crippen LogP contribution in [-0.4, -0.2) is 29.8 Å². The Morgan fingerprint density at radius 2 is 2.28 bits per heavy atom. The molecule has 0 amide bonds. The van der Waals surface area contributed by atoms with Crippen LogP contribution in [0.5, 0.6) is 0 Å². The fraction of sp³-hybridized carbons (Fsp3) is 0.182. The molecule has 7 nitrogen and oxygen atoms in total. The summed E-state index contributed by atoms with van der Waals surface area (Å²) in [6.07, 6.45) is 3.06. The first-order valence-corrected chi connectivity index (χ1v) is 5.42. The number of hydrogen-bond donors (Lipinski definition) is 3. The minimum Gasteiger partial charge on any atom is -0.390 e. The summed E-state index contributed by atoms with van der Waals surface area (Å²) in [7, 11) is 1.83. The fourth-order valence-corrected chi connectivity index (χ4v) is 2.19. The highest BCUT2D eigenvalue weighted by Gasteiger charge is 2.20. The van der Waals surface area contributed by atoms with Crippen molar-refractivity contribution in [2.45, 2.75) is 6.61 Å². The fourth-order valence-electron chi connectivity index (χ4n) is 2.19. The van der Waals surface area contributed by atoms with E-state index in [1.54, 1.807) is 6.20 Å². The molecule has 7 heteroatoms. The van der Waals surface area contributed by atoms with Gasteiger partial charge in [-0.25, -0.2) is 9.97 Å². The predicted octanol–water partition coefficient (Wildman–Crippen LogP) is 0.433. The molecule has 0 aliphatic heterocycles. The van der Waals surface area contributed by atoms with Gasteiger partial charge < -0.3 is 15.4 Å². The standard InChI is InChI=1S/C11H12N6O/c1-17-7(4-18)8(6-2-3-15-16-6)9-10(12)13-5-14-11(9)17/h2-3,5,18H,4H2,1H3,(H,15,16)(H2,12,13,14). The first-order chi connectivity index (χ1) is 8.74. The van der Waals surface area contributed by atoms with Crippen LogP contribution >= 0.6 is 0 Å². The van der Waals surface area contributed by atoms with Crippen molar-refractivity contribution in [3.05, 3.63) is 24.3 Å². The third-order valence-electron chi connectivity index (χ3n) is 3.04. The van der Waals surface area contributed by atoms with Gasteiger partial charge in [-0.1, -0.05) is 0 Å². The summed E-state index contributed by atoms with van der Waals surface area (Å²) in [4.78, 5) is 8.21. The summed E-state index contributed by atoms with van der Waals surface area (Å²) in [6, 6.07) is 1.82. The van der Waals surface area contributed by atoms with Gasteiger partial charge in [0, 0.05) is 18.8 Å². The maximum Gasteiger partial charge on any atom is 0.146 e. The van der Waals surface area contributed by atoms with E-state index in [1.165, 1.54) is 6.33 Å². The number of hydrogen-bond acceptors (Lipinski definition) is 5. The number of nitrogens with zero attached hydrogens (tertiary/aromatic N) is 4. The van der Waals surface area contributed by atoms with Crippen LogP contribution in [0.3, 0.4) is 0 Å². The van der Waals surface area contributed by atoms with Crippen LogP contribution in [0.15, 0.2) is 18.6 Å². The van der Waals surface area contributed by atoms with Crippen LogP contribution in [0.25, 0.3) is 22.3 Å². The van der Waals surface area contributed by atoms with Gasteiger partial charge in [-0.15, -0.1) is 0 Å². The molecule has 0 aliphatic rings. The van der Waals surface area contributed by atoms with Crippen LogP contribution in [-0.2, 0) is 13.7 Å². The predicted molar refractivity (Wildman–Crippen MR) is 66.4 cm³/mol. The van der Waals surface area contributed by atoms with Crippen molar-refractivity contribution in [1.82, 2.24) is 24.7 Å². The molecule has 3 aromatic rings. The summed E-state index contributed by atoms with van der Waals surface area (Å²) < 4.78 is 1.81. The number of aromatic nitrogens is 5. The van der Waals surface area contributed by atoms with E-state index in [0.717, 1.165) is 22.3 Å². The number of nitrogens with one attached hydrogen (secondary N) is 1. The number of nitrogen functional groups attached to an aromatic ring is 1. The van der Waals surface area contributed by atoms with E-state index in [1.807, 2.05) is 17.7 Å². The summed E-state index contributed by atoms with van der Waals surface area (Å²) in [6.45, 7) is -0.110. The quantitative estimate of drug-likeness (QED) is 0.606. The van der Waals surface area contributed by atoms with Gasteiger partial charge in [0.1, 0.15) is 17.8 Å². The van der Waals surface area contributed by atoms with Crippen LogP contribution in [0.2, 0.25) is 0 Å². The summed E-state index contributed by atoms with van der Waals surface area (Å²) in [5.41, 5.74) is 8.91. The lowest BCUT2D eigenvalue weighted by atomic mass is 10.1. The third kappa shape index (κ3) is 1.31. The van der Waals surface area contributed by atoms with Gasteiger partial charge in [0.25, 0.3) is 0 Å². The maximum atomic E-state index is 9.55. The van der Waals surface area contributed by atoms with Gasteiger partial charge in [-0.3, -0.25) is 5.10 Å². The number of anilines is 1. The number of H-pyrrole nitrogens is 1. The Kier molecular flexibility index (Phi) is 2.27. The van der Waals surface area contributed by atoms with Crippen molar-refractivity contribution in [1.29, 1.82) is 0 Å². The van der Waals surface area contributed by atoms with E-state index in [2.05, 4.69) is 20.2 Å².